The van der Waals surface area contributed by atoms with Crippen LogP contribution in [0.25, 0.3) is 0 Å². The van der Waals surface area contributed by atoms with E-state index in [0.29, 0.717) is 23.7 Å². The van der Waals surface area contributed by atoms with Gasteiger partial charge in [0.05, 0.1) is 28.6 Å². The second kappa shape index (κ2) is 16.1. The molecule has 0 radical (unpaired) electrons. The van der Waals surface area contributed by atoms with Gasteiger partial charge >= 0.3 is 24.9 Å². The number of benzene rings is 1. The summed E-state index contributed by atoms with van der Waals surface area (Å²) < 4.78 is 37.9. The Balaban J connectivity index is 0.00000588. The summed E-state index contributed by atoms with van der Waals surface area (Å²) in [4.78, 5) is 24.8. The van der Waals surface area contributed by atoms with E-state index in [0.717, 1.165) is 0 Å². The summed E-state index contributed by atoms with van der Waals surface area (Å²) in [5.74, 6) is -0.0372. The molecule has 2 unspecified atom stereocenters. The van der Waals surface area contributed by atoms with Crippen LogP contribution in [-0.2, 0) is 10.1 Å². The summed E-state index contributed by atoms with van der Waals surface area (Å²) >= 11 is 0. The first-order valence-electron chi connectivity index (χ1n) is 11.9. The number of hydrogen-bond donors (Lipinski definition) is 8. The van der Waals surface area contributed by atoms with Crippen molar-refractivity contribution in [1.29, 1.82) is 0 Å². The van der Waals surface area contributed by atoms with Crippen LogP contribution in [0.3, 0.4) is 0 Å². The fourth-order valence-corrected chi connectivity index (χ4v) is 3.28. The van der Waals surface area contributed by atoms with E-state index < -0.39 is 35.0 Å². The number of nitrogens with zero attached hydrogens (tertiary/aromatic N) is 6. The van der Waals surface area contributed by atoms with Crippen LogP contribution in [0.2, 0.25) is 0 Å². The maximum atomic E-state index is 10.9. The number of aliphatic hydroxyl groups excluding tert-OH is 3. The van der Waals surface area contributed by atoms with Gasteiger partial charge in [-0.05, 0) is 37.7 Å². The summed E-state index contributed by atoms with van der Waals surface area (Å²) in [6, 6.07) is 6.76. The van der Waals surface area contributed by atoms with Crippen LogP contribution in [0.1, 0.15) is 12.7 Å². The minimum absolute atomic E-state index is 0. The molecule has 0 saturated carbocycles. The molecule has 3 rings (SSSR count). The van der Waals surface area contributed by atoms with Crippen LogP contribution in [0.15, 0.2) is 24.3 Å². The first-order chi connectivity index (χ1) is 19.0. The Bertz CT molecular complexity index is 1360. The Kier molecular flexibility index (Phi) is 13.3. The standard InChI is InChI=1S/C21H31N11O7S.Li/c1-3-22-21(35)39-20-26-12(2)25-18(32-20)27-13-4-6-14(7-5-13)28-19-30-16(23-8-9-40(36,37)38)29-17(31-19)24-10-15(34)11-33;/h4-7,15,21-22,33-35H,3,8-11H2,1-2H3,(H,36,37,38)(H,25,26,27,32)(H3,23,24,28,29,30,31);/q;+1/p-1. The number of hydrogen-bond acceptors (Lipinski definition) is 18. The quantitative estimate of drug-likeness (QED) is 0.0449. The average molecular weight is 588 g/mol. The Labute approximate surface area is 247 Å². The first kappa shape index (κ1) is 33.8. The van der Waals surface area contributed by atoms with Crippen LogP contribution >= 0.6 is 0 Å². The molecule has 0 aliphatic rings. The van der Waals surface area contributed by atoms with Crippen molar-refractivity contribution in [3.63, 3.8) is 0 Å². The van der Waals surface area contributed by atoms with Gasteiger partial charge in [-0.2, -0.15) is 29.9 Å². The number of aromatic nitrogens is 6. The zero-order valence-electron chi connectivity index (χ0n) is 22.6. The van der Waals surface area contributed by atoms with Crippen LogP contribution in [-0.4, -0.2) is 103 Å². The molecule has 20 heteroatoms. The molecule has 0 spiro atoms. The molecule has 2 atom stereocenters. The monoisotopic (exact) mass is 587 g/mol. The Morgan fingerprint density at radius 2 is 1.46 bits per heavy atom. The Hall–Kier alpha value is -3.41. The van der Waals surface area contributed by atoms with E-state index in [1.807, 2.05) is 0 Å². The van der Waals surface area contributed by atoms with Crippen LogP contribution in [0.5, 0.6) is 6.01 Å². The van der Waals surface area contributed by atoms with E-state index in [9.17, 15) is 23.2 Å². The third-order valence-corrected chi connectivity index (χ3v) is 5.40. The van der Waals surface area contributed by atoms with Gasteiger partial charge in [0, 0.05) is 24.5 Å². The molecule has 0 bridgehead atoms. The summed E-state index contributed by atoms with van der Waals surface area (Å²) in [6.45, 7) is 3.16. The van der Waals surface area contributed by atoms with Crippen molar-refractivity contribution >= 4 is 45.3 Å². The predicted octanol–water partition coefficient (Wildman–Crippen LogP) is -4.16. The van der Waals surface area contributed by atoms with Gasteiger partial charge in [-0.15, -0.1) is 0 Å². The van der Waals surface area contributed by atoms with Gasteiger partial charge in [0.2, 0.25) is 23.8 Å². The van der Waals surface area contributed by atoms with E-state index in [-0.39, 0.29) is 61.8 Å². The molecule has 2 aromatic heterocycles. The zero-order valence-corrected chi connectivity index (χ0v) is 23.4. The van der Waals surface area contributed by atoms with E-state index >= 15 is 0 Å². The number of anilines is 6. The molecule has 0 saturated heterocycles. The Morgan fingerprint density at radius 3 is 2.02 bits per heavy atom. The van der Waals surface area contributed by atoms with E-state index in [1.165, 1.54) is 0 Å². The molecule has 0 fully saturated rings. The van der Waals surface area contributed by atoms with Gasteiger partial charge in [0.15, 0.2) is 0 Å². The van der Waals surface area contributed by atoms with Crippen molar-refractivity contribution in [3.05, 3.63) is 30.1 Å². The molecular weight excluding hydrogens is 557 g/mol. The number of rotatable bonds is 16. The smallest absolute Gasteiger partial charge is 0.748 e. The van der Waals surface area contributed by atoms with Gasteiger partial charge in [0.1, 0.15) is 5.82 Å². The van der Waals surface area contributed by atoms with Crippen molar-refractivity contribution in [2.45, 2.75) is 26.4 Å². The molecule has 218 valence electrons. The fraction of sp³-hybridized carbons (Fsp3) is 0.429. The van der Waals surface area contributed by atoms with Crippen molar-refractivity contribution in [2.75, 3.05) is 53.3 Å². The number of aryl methyl sites for hydroxylation is 1. The van der Waals surface area contributed by atoms with Crippen molar-refractivity contribution in [2.24, 2.45) is 0 Å². The van der Waals surface area contributed by atoms with Gasteiger partial charge in [-0.25, -0.2) is 8.42 Å². The largest absolute Gasteiger partial charge is 1.00 e. The van der Waals surface area contributed by atoms with Crippen LogP contribution < -0.4 is 50.2 Å². The normalized spacial score (nSPS) is 12.5. The van der Waals surface area contributed by atoms with Gasteiger partial charge < -0.3 is 45.9 Å². The van der Waals surface area contributed by atoms with Crippen molar-refractivity contribution in [3.8, 4) is 6.01 Å². The minimum atomic E-state index is -4.44. The fourth-order valence-electron chi connectivity index (χ4n) is 2.93. The topological polar surface area (TPSA) is 265 Å². The third kappa shape index (κ3) is 12.3. The van der Waals surface area contributed by atoms with Gasteiger partial charge in [-0.3, -0.25) is 5.32 Å². The predicted molar refractivity (Wildman–Crippen MR) is 142 cm³/mol. The molecule has 0 aliphatic carbocycles. The molecule has 0 amide bonds. The molecule has 2 heterocycles. The second-order valence-electron chi connectivity index (χ2n) is 8.06. The molecule has 8 N–H and O–H groups in total. The second-order valence-corrected chi connectivity index (χ2v) is 9.58. The molecule has 41 heavy (non-hydrogen) atoms. The number of nitrogens with one attached hydrogen (secondary N) is 5. The van der Waals surface area contributed by atoms with E-state index in [1.54, 1.807) is 38.1 Å². The molecule has 3 aromatic rings. The molecule has 18 nitrogen and oxygen atoms in total. The van der Waals surface area contributed by atoms with Gasteiger partial charge in [-0.1, -0.05) is 6.92 Å². The first-order valence-corrected chi connectivity index (χ1v) is 13.5. The SMILES string of the molecule is CCNC(O)Oc1nc(C)nc(Nc2ccc(Nc3nc(NCCS(=O)(=O)[O-])nc(NCC(O)CO)n3)cc2)n1.[Li+]. The summed E-state index contributed by atoms with van der Waals surface area (Å²) in [5.41, 5.74) is 1.18. The summed E-state index contributed by atoms with van der Waals surface area (Å²) in [5, 5.41) is 42.4. The molecular formula is C21H30LiN11O7S. The third-order valence-electron chi connectivity index (χ3n) is 4.70. The van der Waals surface area contributed by atoms with E-state index in [4.69, 9.17) is 9.84 Å². The van der Waals surface area contributed by atoms with Crippen molar-refractivity contribution < 1.29 is 51.9 Å². The molecule has 0 aliphatic heterocycles. The van der Waals surface area contributed by atoms with Crippen molar-refractivity contribution in [1.82, 2.24) is 35.2 Å². The Morgan fingerprint density at radius 1 is 0.902 bits per heavy atom. The number of aliphatic hydroxyl groups is 3. The average Bonchev–Trinajstić information content (AvgIpc) is 2.87. The molecule has 1 aromatic carbocycles. The number of ether oxygens (including phenoxy) is 1. The maximum absolute atomic E-state index is 10.9. The van der Waals surface area contributed by atoms with Crippen LogP contribution in [0.4, 0.5) is 35.2 Å². The maximum Gasteiger partial charge on any atom is 1.00 e. The minimum Gasteiger partial charge on any atom is -0.748 e. The summed E-state index contributed by atoms with van der Waals surface area (Å²) in [6.07, 6.45) is -2.34. The summed E-state index contributed by atoms with van der Waals surface area (Å²) in [7, 11) is -4.44. The van der Waals surface area contributed by atoms with E-state index in [2.05, 4.69) is 56.5 Å². The van der Waals surface area contributed by atoms with Gasteiger partial charge in [0.25, 0.3) is 6.41 Å². The van der Waals surface area contributed by atoms with Crippen LogP contribution in [0, 0.1) is 6.92 Å². The zero-order chi connectivity index (χ0) is 29.1.